The van der Waals surface area contributed by atoms with Crippen LogP contribution in [-0.4, -0.2) is 73.4 Å². The molecule has 9 heteroatoms. The molecule has 484 valence electrons. The highest BCUT2D eigenvalue weighted by Gasteiger charge is 2.28. The normalized spacial score (nSPS) is 14.2. The summed E-state index contributed by atoms with van der Waals surface area (Å²) in [6, 6.07) is -0.872. The van der Waals surface area contributed by atoms with Crippen molar-refractivity contribution in [3.8, 4) is 0 Å². The second-order valence-electron chi connectivity index (χ2n) is 25.2. The highest BCUT2D eigenvalue weighted by Crippen LogP contribution is 2.43. The molecule has 8 nitrogen and oxygen atoms in total. The van der Waals surface area contributed by atoms with Gasteiger partial charge in [0.25, 0.3) is 0 Å². The van der Waals surface area contributed by atoms with Crippen LogP contribution in [0.3, 0.4) is 0 Å². The standard InChI is InChI=1S/C74H137N2O6P/c1-6-8-10-12-14-16-18-20-22-24-26-28-30-31-32-33-34-35-36-37-38-39-40-41-42-43-44-45-46-48-50-52-54-56-58-60-62-64-66-68-74(78)75-72(71-82-83(79,80)81-70-69-76(3,4)5)73(77)67-65-63-61-59-57-55-53-51-49-47-29-27-25-23-21-19-17-15-13-11-9-7-2/h8,10,14,16,20,22,26,28,49,51,57,59,65,67,72-73,77H,6-7,9,11-13,15,17-19,21,23-25,27,29-48,50,52-56,58,60-64,66,68-71H2,1-5H3,(H-,75,78,79,80)/p+1/b10-8-,16-14-,22-20-,28-26-,51-49+,59-57+,67-65+. The van der Waals surface area contributed by atoms with Crippen LogP contribution in [0.25, 0.3) is 0 Å². The first-order valence-corrected chi connectivity index (χ1v) is 37.0. The third-order valence-electron chi connectivity index (χ3n) is 15.8. The molecule has 3 N–H and O–H groups in total. The van der Waals surface area contributed by atoms with Crippen molar-refractivity contribution in [2.45, 2.75) is 341 Å². The van der Waals surface area contributed by atoms with Gasteiger partial charge in [-0.15, -0.1) is 0 Å². The minimum absolute atomic E-state index is 0.0531. The Bertz CT molecular complexity index is 1630. The Kier molecular flexibility index (Phi) is 62.4. The Morgan fingerprint density at radius 2 is 0.735 bits per heavy atom. The molecule has 0 rings (SSSR count). The molecule has 3 unspecified atom stereocenters. The van der Waals surface area contributed by atoms with E-state index in [-0.39, 0.29) is 19.1 Å². The number of unbranched alkanes of at least 4 members (excludes halogenated alkanes) is 40. The van der Waals surface area contributed by atoms with Crippen LogP contribution in [0.2, 0.25) is 0 Å². The van der Waals surface area contributed by atoms with E-state index in [4.69, 9.17) is 9.05 Å². The summed E-state index contributed by atoms with van der Waals surface area (Å²) in [4.78, 5) is 23.4. The third-order valence-corrected chi connectivity index (χ3v) is 16.8. The summed E-state index contributed by atoms with van der Waals surface area (Å²) in [5.41, 5.74) is 0. The number of hydrogen-bond donors (Lipinski definition) is 3. The van der Waals surface area contributed by atoms with Crippen LogP contribution in [0.15, 0.2) is 85.1 Å². The fraction of sp³-hybridized carbons (Fsp3) is 0.797. The zero-order valence-corrected chi connectivity index (χ0v) is 56.3. The maximum absolute atomic E-state index is 13.0. The first-order valence-electron chi connectivity index (χ1n) is 35.5. The predicted octanol–water partition coefficient (Wildman–Crippen LogP) is 22.7. The van der Waals surface area contributed by atoms with Gasteiger partial charge in [-0.05, 0) is 83.5 Å². The number of nitrogens with zero attached hydrogens (tertiary/aromatic N) is 1. The lowest BCUT2D eigenvalue weighted by Crippen LogP contribution is -2.45. The van der Waals surface area contributed by atoms with E-state index in [1.54, 1.807) is 6.08 Å². The molecule has 0 saturated carbocycles. The van der Waals surface area contributed by atoms with Crippen molar-refractivity contribution in [1.29, 1.82) is 0 Å². The van der Waals surface area contributed by atoms with Crippen molar-refractivity contribution in [2.24, 2.45) is 0 Å². The lowest BCUT2D eigenvalue weighted by molar-refractivity contribution is -0.870. The SMILES string of the molecule is CC/C=C\C/C=C\C/C=C\C/C=C\CCCCCCCCCCCCCCCCCCCCCCCCCCCCC(=O)NC(COP(=O)(O)OCC[N+](C)(C)C)C(O)/C=C/CC/C=C/CC/C=C/CCCCCCCCCCCCCC. The van der Waals surface area contributed by atoms with E-state index >= 15 is 0 Å². The Hall–Kier alpha value is -2.32. The van der Waals surface area contributed by atoms with E-state index in [1.165, 1.54) is 238 Å². The summed E-state index contributed by atoms with van der Waals surface area (Å²) in [6.45, 7) is 4.71. The number of quaternary nitrogens is 1. The molecular formula is C74H138N2O6P+. The lowest BCUT2D eigenvalue weighted by atomic mass is 10.0. The van der Waals surface area contributed by atoms with Gasteiger partial charge < -0.3 is 19.8 Å². The monoisotopic (exact) mass is 1180 g/mol. The molecule has 0 aliphatic rings. The molecule has 0 fully saturated rings. The summed E-state index contributed by atoms with van der Waals surface area (Å²) in [7, 11) is 1.55. The number of allylic oxidation sites excluding steroid dienone is 13. The molecule has 0 spiro atoms. The van der Waals surface area contributed by atoms with Gasteiger partial charge in [-0.25, -0.2) is 4.57 Å². The number of carbonyl (C=O) groups excluding carboxylic acids is 1. The van der Waals surface area contributed by atoms with Crippen molar-refractivity contribution in [3.05, 3.63) is 85.1 Å². The van der Waals surface area contributed by atoms with Gasteiger partial charge >= 0.3 is 7.82 Å². The number of hydrogen-bond acceptors (Lipinski definition) is 5. The quantitative estimate of drug-likeness (QED) is 0.0243. The molecule has 0 radical (unpaired) electrons. The van der Waals surface area contributed by atoms with Crippen molar-refractivity contribution in [3.63, 3.8) is 0 Å². The van der Waals surface area contributed by atoms with Crippen LogP contribution in [0.5, 0.6) is 0 Å². The summed E-state index contributed by atoms with van der Waals surface area (Å²) in [5.74, 6) is -0.186. The van der Waals surface area contributed by atoms with Crippen molar-refractivity contribution in [1.82, 2.24) is 5.32 Å². The fourth-order valence-corrected chi connectivity index (χ4v) is 11.1. The number of carbonyl (C=O) groups is 1. The topological polar surface area (TPSA) is 105 Å². The predicted molar refractivity (Wildman–Crippen MR) is 364 cm³/mol. The highest BCUT2D eigenvalue weighted by molar-refractivity contribution is 7.47. The molecule has 0 aliphatic heterocycles. The number of aliphatic hydroxyl groups excluding tert-OH is 1. The number of likely N-dealkylation sites (N-methyl/N-ethyl adjacent to an activating group) is 1. The Morgan fingerprint density at radius 1 is 0.422 bits per heavy atom. The van der Waals surface area contributed by atoms with Crippen molar-refractivity contribution < 1.29 is 32.9 Å². The first kappa shape index (κ1) is 80.7. The van der Waals surface area contributed by atoms with Crippen molar-refractivity contribution >= 4 is 13.7 Å². The maximum Gasteiger partial charge on any atom is 0.472 e. The van der Waals surface area contributed by atoms with Gasteiger partial charge in [0, 0.05) is 6.42 Å². The first-order chi connectivity index (χ1) is 40.5. The van der Waals surface area contributed by atoms with E-state index in [0.717, 1.165) is 70.6 Å². The smallest absolute Gasteiger partial charge is 0.387 e. The number of rotatable bonds is 65. The van der Waals surface area contributed by atoms with Crippen LogP contribution in [-0.2, 0) is 18.4 Å². The second kappa shape index (κ2) is 64.2. The van der Waals surface area contributed by atoms with Crippen LogP contribution in [0.4, 0.5) is 0 Å². The van der Waals surface area contributed by atoms with Crippen LogP contribution in [0.1, 0.15) is 328 Å². The molecule has 0 aromatic heterocycles. The Balaban J connectivity index is 4.00. The van der Waals surface area contributed by atoms with Gasteiger partial charge in [0.15, 0.2) is 0 Å². The molecule has 83 heavy (non-hydrogen) atoms. The zero-order valence-electron chi connectivity index (χ0n) is 55.4. The van der Waals surface area contributed by atoms with E-state index < -0.39 is 20.0 Å². The largest absolute Gasteiger partial charge is 0.472 e. The average Bonchev–Trinajstić information content (AvgIpc) is 3.50. The summed E-state index contributed by atoms with van der Waals surface area (Å²) < 4.78 is 23.8. The van der Waals surface area contributed by atoms with Crippen LogP contribution in [0, 0.1) is 0 Å². The molecule has 0 aromatic rings. The minimum Gasteiger partial charge on any atom is -0.387 e. The number of phosphoric acid groups is 1. The van der Waals surface area contributed by atoms with E-state index in [9.17, 15) is 19.4 Å². The third kappa shape index (κ3) is 67.1. The molecule has 1 amide bonds. The molecule has 0 aromatic carbocycles. The lowest BCUT2D eigenvalue weighted by Gasteiger charge is -2.25. The zero-order chi connectivity index (χ0) is 60.5. The molecule has 0 heterocycles. The van der Waals surface area contributed by atoms with Crippen molar-refractivity contribution in [2.75, 3.05) is 40.9 Å². The molecule has 0 bridgehead atoms. The number of aliphatic hydroxyl groups is 1. The fourth-order valence-electron chi connectivity index (χ4n) is 10.4. The second-order valence-corrected chi connectivity index (χ2v) is 26.7. The summed E-state index contributed by atoms with van der Waals surface area (Å²) in [5, 5.41) is 14.0. The van der Waals surface area contributed by atoms with E-state index in [0.29, 0.717) is 17.4 Å². The van der Waals surface area contributed by atoms with Gasteiger partial charge in [-0.2, -0.15) is 0 Å². The molecule has 0 saturated heterocycles. The summed E-state index contributed by atoms with van der Waals surface area (Å²) >= 11 is 0. The van der Waals surface area contributed by atoms with Gasteiger partial charge in [-0.3, -0.25) is 13.8 Å². The number of phosphoric ester groups is 1. The van der Waals surface area contributed by atoms with Crippen LogP contribution >= 0.6 is 7.82 Å². The van der Waals surface area contributed by atoms with Crippen LogP contribution < -0.4 is 5.32 Å². The van der Waals surface area contributed by atoms with E-state index in [1.807, 2.05) is 27.2 Å². The highest BCUT2D eigenvalue weighted by atomic mass is 31.2. The minimum atomic E-state index is -4.37. The van der Waals surface area contributed by atoms with Gasteiger partial charge in [0.2, 0.25) is 5.91 Å². The van der Waals surface area contributed by atoms with Gasteiger partial charge in [0.05, 0.1) is 39.9 Å². The molecule has 0 aliphatic carbocycles. The molecular weight excluding hydrogens is 1040 g/mol. The van der Waals surface area contributed by atoms with E-state index in [2.05, 4.69) is 92.1 Å². The summed E-state index contributed by atoms with van der Waals surface area (Å²) in [6.07, 6.45) is 91.8. The van der Waals surface area contributed by atoms with Gasteiger partial charge in [-0.1, -0.05) is 324 Å². The Labute approximate surface area is 516 Å². The number of nitrogens with one attached hydrogen (secondary N) is 1. The number of amides is 1. The Morgan fingerprint density at radius 3 is 1.11 bits per heavy atom. The molecule has 3 atom stereocenters. The average molecular weight is 1180 g/mol. The van der Waals surface area contributed by atoms with Gasteiger partial charge in [0.1, 0.15) is 13.2 Å². The maximum atomic E-state index is 13.0.